The molecular formula is C18H26N4O5S. The van der Waals surface area contributed by atoms with Crippen LogP contribution in [0.1, 0.15) is 39.2 Å². The summed E-state index contributed by atoms with van der Waals surface area (Å²) in [4.78, 5) is 25.6. The van der Waals surface area contributed by atoms with Gasteiger partial charge < -0.3 is 15.8 Å². The number of ether oxygens (including phenoxy) is 1. The molecule has 1 saturated heterocycles. The fraction of sp³-hybridized carbons (Fsp3) is 0.500. The van der Waals surface area contributed by atoms with Gasteiger partial charge in [-0.3, -0.25) is 9.69 Å². The van der Waals surface area contributed by atoms with Crippen LogP contribution >= 0.6 is 0 Å². The minimum Gasteiger partial charge on any atom is -0.444 e. The zero-order chi connectivity index (χ0) is 21.1. The number of sulfonamides is 1. The minimum absolute atomic E-state index is 0.0195. The number of amides is 2. The number of alkyl carbamates (subject to hydrolysis) is 1. The Balaban J connectivity index is 2.15. The first-order valence-electron chi connectivity index (χ1n) is 8.87. The van der Waals surface area contributed by atoms with Crippen LogP contribution in [0.5, 0.6) is 0 Å². The van der Waals surface area contributed by atoms with E-state index in [-0.39, 0.29) is 11.4 Å². The van der Waals surface area contributed by atoms with E-state index in [1.165, 1.54) is 12.1 Å². The van der Waals surface area contributed by atoms with Crippen LogP contribution in [0.4, 0.5) is 4.79 Å². The Morgan fingerprint density at radius 2 is 1.89 bits per heavy atom. The number of guanidine groups is 1. The normalized spacial score (nSPS) is 18.7. The Hall–Kier alpha value is -2.62. The third-order valence-electron chi connectivity index (χ3n) is 3.94. The molecule has 2 amide bonds. The number of carbonyl (C=O) groups excluding carboxylic acids is 2. The van der Waals surface area contributed by atoms with Crippen molar-refractivity contribution >= 4 is 28.0 Å². The molecule has 1 heterocycles. The topological polar surface area (TPSA) is 131 Å². The molecule has 1 unspecified atom stereocenters. The van der Waals surface area contributed by atoms with E-state index in [0.29, 0.717) is 12.8 Å². The average Bonchev–Trinajstić information content (AvgIpc) is 2.55. The fourth-order valence-electron chi connectivity index (χ4n) is 2.62. The van der Waals surface area contributed by atoms with Crippen molar-refractivity contribution in [3.63, 3.8) is 0 Å². The molecule has 28 heavy (non-hydrogen) atoms. The van der Waals surface area contributed by atoms with Crippen molar-refractivity contribution in [2.24, 2.45) is 10.1 Å². The first kappa shape index (κ1) is 21.7. The van der Waals surface area contributed by atoms with E-state index < -0.39 is 39.6 Å². The molecule has 10 heteroatoms. The number of aryl methyl sites for hydroxylation is 1. The summed E-state index contributed by atoms with van der Waals surface area (Å²) in [7, 11) is -4.06. The van der Waals surface area contributed by atoms with Crippen molar-refractivity contribution < 1.29 is 22.7 Å². The Morgan fingerprint density at radius 1 is 1.29 bits per heavy atom. The van der Waals surface area contributed by atoms with Crippen molar-refractivity contribution in [2.45, 2.75) is 57.1 Å². The van der Waals surface area contributed by atoms with Crippen LogP contribution < -0.4 is 11.1 Å². The second-order valence-corrected chi connectivity index (χ2v) is 9.17. The molecule has 1 aliphatic heterocycles. The Kier molecular flexibility index (Phi) is 6.33. The highest BCUT2D eigenvalue weighted by Crippen LogP contribution is 2.16. The molecule has 0 radical (unpaired) electrons. The largest absolute Gasteiger partial charge is 0.444 e. The van der Waals surface area contributed by atoms with Crippen LogP contribution in [0.3, 0.4) is 0 Å². The SMILES string of the molecule is Cc1ccc(S(=O)(=O)/N=C(\N)N2CCCC(NC(=O)OC(C)(C)C)C2=O)cc1. The van der Waals surface area contributed by atoms with Gasteiger partial charge in [0.1, 0.15) is 11.6 Å². The first-order chi connectivity index (χ1) is 12.9. The summed E-state index contributed by atoms with van der Waals surface area (Å²) in [5.74, 6) is -0.960. The van der Waals surface area contributed by atoms with E-state index >= 15 is 0 Å². The number of nitrogens with two attached hydrogens (primary N) is 1. The molecule has 0 spiro atoms. The molecule has 1 aromatic carbocycles. The molecular weight excluding hydrogens is 384 g/mol. The van der Waals surface area contributed by atoms with Gasteiger partial charge in [-0.25, -0.2) is 4.79 Å². The number of nitrogens with zero attached hydrogens (tertiary/aromatic N) is 2. The monoisotopic (exact) mass is 410 g/mol. The molecule has 1 fully saturated rings. The summed E-state index contributed by atoms with van der Waals surface area (Å²) >= 11 is 0. The van der Waals surface area contributed by atoms with Gasteiger partial charge in [-0.15, -0.1) is 4.40 Å². The summed E-state index contributed by atoms with van der Waals surface area (Å²) in [5, 5.41) is 2.50. The smallest absolute Gasteiger partial charge is 0.408 e. The summed E-state index contributed by atoms with van der Waals surface area (Å²) < 4.78 is 33.6. The molecule has 0 aliphatic carbocycles. The molecule has 9 nitrogen and oxygen atoms in total. The Labute approximate surface area is 165 Å². The van der Waals surface area contributed by atoms with Gasteiger partial charge in [0.2, 0.25) is 5.96 Å². The van der Waals surface area contributed by atoms with Gasteiger partial charge in [0.15, 0.2) is 0 Å². The van der Waals surface area contributed by atoms with E-state index in [1.54, 1.807) is 32.9 Å². The number of carbonyl (C=O) groups is 2. The Morgan fingerprint density at radius 3 is 2.46 bits per heavy atom. The summed E-state index contributed by atoms with van der Waals surface area (Å²) in [6.45, 7) is 7.18. The van der Waals surface area contributed by atoms with Crippen LogP contribution in [0.2, 0.25) is 0 Å². The molecule has 2 rings (SSSR count). The number of nitrogens with one attached hydrogen (secondary N) is 1. The van der Waals surface area contributed by atoms with Crippen molar-refractivity contribution in [3.8, 4) is 0 Å². The molecule has 3 N–H and O–H groups in total. The van der Waals surface area contributed by atoms with Crippen LogP contribution in [-0.2, 0) is 19.6 Å². The lowest BCUT2D eigenvalue weighted by molar-refractivity contribution is -0.131. The van der Waals surface area contributed by atoms with E-state index in [9.17, 15) is 18.0 Å². The van der Waals surface area contributed by atoms with Crippen LogP contribution in [0.15, 0.2) is 33.6 Å². The molecule has 0 bridgehead atoms. The highest BCUT2D eigenvalue weighted by atomic mass is 32.2. The predicted octanol–water partition coefficient (Wildman–Crippen LogP) is 1.51. The second-order valence-electron chi connectivity index (χ2n) is 7.57. The third kappa shape index (κ3) is 5.69. The highest BCUT2D eigenvalue weighted by molar-refractivity contribution is 7.90. The zero-order valence-corrected chi connectivity index (χ0v) is 17.2. The molecule has 0 aromatic heterocycles. The number of rotatable bonds is 3. The lowest BCUT2D eigenvalue weighted by Crippen LogP contribution is -2.56. The maximum Gasteiger partial charge on any atom is 0.408 e. The van der Waals surface area contributed by atoms with Gasteiger partial charge in [-0.2, -0.15) is 8.42 Å². The maximum absolute atomic E-state index is 12.6. The van der Waals surface area contributed by atoms with Gasteiger partial charge >= 0.3 is 6.09 Å². The molecule has 154 valence electrons. The molecule has 1 aliphatic rings. The zero-order valence-electron chi connectivity index (χ0n) is 16.4. The van der Waals surface area contributed by atoms with Crippen LogP contribution in [-0.4, -0.2) is 49.5 Å². The first-order valence-corrected chi connectivity index (χ1v) is 10.3. The van der Waals surface area contributed by atoms with Gasteiger partial charge in [-0.05, 0) is 52.7 Å². The summed E-state index contributed by atoms with van der Waals surface area (Å²) in [5.41, 5.74) is 6.02. The van der Waals surface area contributed by atoms with Gasteiger partial charge in [-0.1, -0.05) is 17.7 Å². The quantitative estimate of drug-likeness (QED) is 0.574. The standard InChI is InChI=1S/C18H26N4O5S/c1-12-7-9-13(10-8-12)28(25,26)21-16(19)22-11-5-6-14(15(22)23)20-17(24)27-18(2,3)4/h7-10,14H,5-6,11H2,1-4H3,(H2,19,21)(H,20,24). The number of piperidine rings is 1. The maximum atomic E-state index is 12.6. The number of hydrogen-bond acceptors (Lipinski definition) is 5. The van der Waals surface area contributed by atoms with Crippen molar-refractivity contribution in [1.82, 2.24) is 10.2 Å². The summed E-state index contributed by atoms with van der Waals surface area (Å²) in [6, 6.07) is 5.27. The molecule has 0 saturated carbocycles. The third-order valence-corrected chi connectivity index (χ3v) is 5.23. The van der Waals surface area contributed by atoms with Crippen molar-refractivity contribution in [1.29, 1.82) is 0 Å². The van der Waals surface area contributed by atoms with Gasteiger partial charge in [0, 0.05) is 6.54 Å². The lowest BCUT2D eigenvalue weighted by atomic mass is 10.1. The van der Waals surface area contributed by atoms with Gasteiger partial charge in [0.05, 0.1) is 4.90 Å². The van der Waals surface area contributed by atoms with Crippen molar-refractivity contribution in [3.05, 3.63) is 29.8 Å². The highest BCUT2D eigenvalue weighted by Gasteiger charge is 2.33. The minimum atomic E-state index is -4.06. The Bertz CT molecular complexity index is 872. The van der Waals surface area contributed by atoms with Crippen LogP contribution in [0.25, 0.3) is 0 Å². The number of likely N-dealkylation sites (tertiary alicyclic amines) is 1. The summed E-state index contributed by atoms with van der Waals surface area (Å²) in [6.07, 6.45) is 0.190. The van der Waals surface area contributed by atoms with Gasteiger partial charge in [0.25, 0.3) is 15.9 Å². The van der Waals surface area contributed by atoms with Crippen LogP contribution in [0, 0.1) is 6.92 Å². The van der Waals surface area contributed by atoms with E-state index in [0.717, 1.165) is 10.5 Å². The molecule has 1 atom stereocenters. The second kappa shape index (κ2) is 8.17. The number of hydrogen-bond donors (Lipinski definition) is 2. The number of benzene rings is 1. The van der Waals surface area contributed by atoms with E-state index in [2.05, 4.69) is 9.71 Å². The average molecular weight is 410 g/mol. The molecule has 1 aromatic rings. The predicted molar refractivity (Wildman–Crippen MR) is 104 cm³/mol. The lowest BCUT2D eigenvalue weighted by Gasteiger charge is -2.32. The van der Waals surface area contributed by atoms with Crippen molar-refractivity contribution in [2.75, 3.05) is 6.54 Å². The fourth-order valence-corrected chi connectivity index (χ4v) is 3.55. The van der Waals surface area contributed by atoms with E-state index in [4.69, 9.17) is 10.5 Å². The van der Waals surface area contributed by atoms with E-state index in [1.807, 2.05) is 6.92 Å².